The van der Waals surface area contributed by atoms with Gasteiger partial charge in [0.1, 0.15) is 5.75 Å². The lowest BCUT2D eigenvalue weighted by Gasteiger charge is -2.12. The van der Waals surface area contributed by atoms with Crippen LogP contribution in [0, 0.1) is 0 Å². The molecular weight excluding hydrogens is 439 g/mol. The van der Waals surface area contributed by atoms with Crippen molar-refractivity contribution in [1.82, 2.24) is 5.32 Å². The molecule has 0 bridgehead atoms. The number of hydrogen-bond donors (Lipinski definition) is 3. The fourth-order valence-electron chi connectivity index (χ4n) is 1.80. The Kier molecular flexibility index (Phi) is 6.28. The minimum absolute atomic E-state index is 0.0134. The molecule has 0 aliphatic heterocycles. The Morgan fingerprint density at radius 2 is 2.00 bits per heavy atom. The van der Waals surface area contributed by atoms with Gasteiger partial charge in [-0.3, -0.25) is 10.1 Å². The Bertz CT molecular complexity index is 818. The first-order chi connectivity index (χ1) is 11.3. The van der Waals surface area contributed by atoms with Crippen molar-refractivity contribution in [1.29, 1.82) is 0 Å². The first-order valence-electron chi connectivity index (χ1n) is 6.45. The van der Waals surface area contributed by atoms with E-state index >= 15 is 0 Å². The molecule has 1 amide bonds. The molecule has 0 atom stereocenters. The molecule has 9 heteroatoms. The van der Waals surface area contributed by atoms with Crippen LogP contribution in [0.3, 0.4) is 0 Å². The maximum Gasteiger partial charge on any atom is 0.257 e. The minimum atomic E-state index is -0.427. The summed E-state index contributed by atoms with van der Waals surface area (Å²) < 4.78 is 5.74. The van der Waals surface area contributed by atoms with Gasteiger partial charge in [-0.05, 0) is 58.5 Å². The summed E-state index contributed by atoms with van der Waals surface area (Å²) in [5.41, 5.74) is 0.564. The number of carbonyl (C=O) groups excluding carboxylic acids is 1. The van der Waals surface area contributed by atoms with Crippen molar-refractivity contribution in [2.45, 2.75) is 0 Å². The minimum Gasteiger partial charge on any atom is -0.504 e. The lowest BCUT2D eigenvalue weighted by Crippen LogP contribution is -2.34. The van der Waals surface area contributed by atoms with Crippen molar-refractivity contribution >= 4 is 68.1 Å². The number of amides is 1. The third-order valence-electron chi connectivity index (χ3n) is 2.92. The van der Waals surface area contributed by atoms with E-state index in [2.05, 4.69) is 26.6 Å². The normalized spacial score (nSPS) is 10.2. The van der Waals surface area contributed by atoms with Gasteiger partial charge in [0.15, 0.2) is 10.9 Å². The van der Waals surface area contributed by atoms with E-state index < -0.39 is 5.91 Å². The summed E-state index contributed by atoms with van der Waals surface area (Å²) >= 11 is 20.1. The highest BCUT2D eigenvalue weighted by atomic mass is 79.9. The van der Waals surface area contributed by atoms with Crippen molar-refractivity contribution in [2.24, 2.45) is 0 Å². The van der Waals surface area contributed by atoms with Crippen LogP contribution in [0.25, 0.3) is 0 Å². The van der Waals surface area contributed by atoms with E-state index in [1.165, 1.54) is 19.2 Å². The third kappa shape index (κ3) is 4.51. The largest absolute Gasteiger partial charge is 0.504 e. The van der Waals surface area contributed by atoms with Crippen molar-refractivity contribution in [3.05, 3.63) is 50.4 Å². The number of rotatable bonds is 3. The molecule has 0 unspecified atom stereocenters. The number of hydrogen-bond acceptors (Lipinski definition) is 4. The summed E-state index contributed by atoms with van der Waals surface area (Å²) in [6, 6.07) is 7.67. The van der Waals surface area contributed by atoms with Gasteiger partial charge in [0.25, 0.3) is 5.91 Å². The highest BCUT2D eigenvalue weighted by Crippen LogP contribution is 2.35. The Hall–Kier alpha value is -1.54. The van der Waals surface area contributed by atoms with Crippen molar-refractivity contribution in [2.75, 3.05) is 12.4 Å². The van der Waals surface area contributed by atoms with Crippen LogP contribution in [-0.4, -0.2) is 23.2 Å². The number of ether oxygens (including phenoxy) is 1. The second-order valence-corrected chi connectivity index (χ2v) is 6.65. The van der Waals surface area contributed by atoms with Crippen molar-refractivity contribution < 1.29 is 14.6 Å². The Labute approximate surface area is 162 Å². The third-order valence-corrected chi connectivity index (χ3v) is 4.25. The number of phenolic OH excluding ortho intramolecular Hbond substituents is 1. The summed E-state index contributed by atoms with van der Waals surface area (Å²) in [5.74, 6) is -0.0425. The van der Waals surface area contributed by atoms with Gasteiger partial charge in [-0.2, -0.15) is 0 Å². The smallest absolute Gasteiger partial charge is 0.257 e. The monoisotopic (exact) mass is 448 g/mol. The van der Waals surface area contributed by atoms with E-state index in [1.807, 2.05) is 0 Å². The SMILES string of the molecule is COc1ccc(C(=O)NC(=S)Nc2cc(Cl)cc(Cl)c2O)cc1Br. The van der Waals surface area contributed by atoms with Crippen LogP contribution in [0.2, 0.25) is 10.0 Å². The molecule has 5 nitrogen and oxygen atoms in total. The summed E-state index contributed by atoms with van der Waals surface area (Å²) in [6.07, 6.45) is 0. The molecule has 0 radical (unpaired) electrons. The fourth-order valence-corrected chi connectivity index (χ4v) is 3.03. The van der Waals surface area contributed by atoms with Crippen LogP contribution in [0.5, 0.6) is 11.5 Å². The molecule has 2 aromatic carbocycles. The number of benzene rings is 2. The maximum absolute atomic E-state index is 12.2. The van der Waals surface area contributed by atoms with Gasteiger partial charge in [0.2, 0.25) is 0 Å². The molecule has 2 rings (SSSR count). The molecule has 126 valence electrons. The van der Waals surface area contributed by atoms with Gasteiger partial charge in [-0.1, -0.05) is 23.2 Å². The average Bonchev–Trinajstić information content (AvgIpc) is 2.51. The number of carbonyl (C=O) groups is 1. The van der Waals surface area contributed by atoms with Gasteiger partial charge in [-0.25, -0.2) is 0 Å². The van der Waals surface area contributed by atoms with Gasteiger partial charge in [0.05, 0.1) is 22.3 Å². The molecule has 3 N–H and O–H groups in total. The van der Waals surface area contributed by atoms with Crippen molar-refractivity contribution in [3.8, 4) is 11.5 Å². The lowest BCUT2D eigenvalue weighted by atomic mass is 10.2. The van der Waals surface area contributed by atoms with Crippen LogP contribution >= 0.6 is 51.3 Å². The molecule has 0 aromatic heterocycles. The number of thiocarbonyl (C=S) groups is 1. The van der Waals surface area contributed by atoms with Gasteiger partial charge in [0, 0.05) is 10.6 Å². The second kappa shape index (κ2) is 8.02. The first kappa shape index (κ1) is 18.8. The molecule has 24 heavy (non-hydrogen) atoms. The Balaban J connectivity index is 2.10. The van der Waals surface area contributed by atoms with E-state index in [4.69, 9.17) is 40.2 Å². The lowest BCUT2D eigenvalue weighted by molar-refractivity contribution is 0.0977. The molecular formula is C15H11BrCl2N2O3S. The molecule has 0 spiro atoms. The summed E-state index contributed by atoms with van der Waals surface area (Å²) in [5, 5.41) is 15.4. The molecule has 0 saturated carbocycles. The van der Waals surface area contributed by atoms with Gasteiger partial charge in [-0.15, -0.1) is 0 Å². The highest BCUT2D eigenvalue weighted by molar-refractivity contribution is 9.10. The molecule has 0 fully saturated rings. The number of anilines is 1. The maximum atomic E-state index is 12.2. The van der Waals surface area contributed by atoms with Crippen molar-refractivity contribution in [3.63, 3.8) is 0 Å². The standard InChI is InChI=1S/C15H11BrCl2N2O3S/c1-23-12-3-2-7(4-9(12)16)14(22)20-15(24)19-11-6-8(17)5-10(18)13(11)21/h2-6,21H,1H3,(H2,19,20,22,24). The van der Waals surface area contributed by atoms with E-state index in [0.29, 0.717) is 20.8 Å². The van der Waals surface area contributed by atoms with Gasteiger partial charge >= 0.3 is 0 Å². The summed E-state index contributed by atoms with van der Waals surface area (Å²) in [7, 11) is 1.53. The zero-order valence-corrected chi connectivity index (χ0v) is 16.1. The zero-order chi connectivity index (χ0) is 17.9. The van der Waals surface area contributed by atoms with Crippen LogP contribution in [0.4, 0.5) is 5.69 Å². The van der Waals surface area contributed by atoms with E-state index in [0.717, 1.165) is 0 Å². The molecule has 0 heterocycles. The molecule has 0 aliphatic carbocycles. The topological polar surface area (TPSA) is 70.6 Å². The molecule has 2 aromatic rings. The number of halogens is 3. The fraction of sp³-hybridized carbons (Fsp3) is 0.0667. The van der Waals surface area contributed by atoms with Crippen LogP contribution in [-0.2, 0) is 0 Å². The number of nitrogens with one attached hydrogen (secondary N) is 2. The predicted molar refractivity (Wildman–Crippen MR) is 103 cm³/mol. The van der Waals surface area contributed by atoms with Crippen LogP contribution in [0.15, 0.2) is 34.8 Å². The van der Waals surface area contributed by atoms with E-state index in [1.54, 1.807) is 18.2 Å². The quantitative estimate of drug-likeness (QED) is 0.472. The average molecular weight is 450 g/mol. The van der Waals surface area contributed by atoms with Crippen LogP contribution in [0.1, 0.15) is 10.4 Å². The van der Waals surface area contributed by atoms with Gasteiger partial charge < -0.3 is 15.2 Å². The molecule has 0 saturated heterocycles. The Morgan fingerprint density at radius 1 is 1.29 bits per heavy atom. The number of aromatic hydroxyl groups is 1. The van der Waals surface area contributed by atoms with Crippen LogP contribution < -0.4 is 15.4 Å². The first-order valence-corrected chi connectivity index (χ1v) is 8.41. The number of phenols is 1. The summed E-state index contributed by atoms with van der Waals surface area (Å²) in [4.78, 5) is 12.2. The van der Waals surface area contributed by atoms with E-state index in [9.17, 15) is 9.90 Å². The predicted octanol–water partition coefficient (Wildman–Crippen LogP) is 4.60. The number of methoxy groups -OCH3 is 1. The second-order valence-electron chi connectivity index (χ2n) is 4.54. The molecule has 0 aliphatic rings. The summed E-state index contributed by atoms with van der Waals surface area (Å²) in [6.45, 7) is 0. The van der Waals surface area contributed by atoms with E-state index in [-0.39, 0.29) is 21.6 Å². The highest BCUT2D eigenvalue weighted by Gasteiger charge is 2.13. The zero-order valence-electron chi connectivity index (χ0n) is 12.2. The Morgan fingerprint density at radius 3 is 2.62 bits per heavy atom.